The maximum Gasteiger partial charge on any atom is 0.193 e. The van der Waals surface area contributed by atoms with Crippen molar-refractivity contribution in [2.24, 2.45) is 5.41 Å². The van der Waals surface area contributed by atoms with Crippen molar-refractivity contribution in [3.05, 3.63) is 59.7 Å². The zero-order valence-electron chi connectivity index (χ0n) is 25.3. The van der Waals surface area contributed by atoms with Gasteiger partial charge >= 0.3 is 0 Å². The van der Waals surface area contributed by atoms with Gasteiger partial charge in [-0.25, -0.2) is 0 Å². The molecule has 0 bridgehead atoms. The molecule has 39 heavy (non-hydrogen) atoms. The molecule has 216 valence electrons. The van der Waals surface area contributed by atoms with Crippen LogP contribution in [0.15, 0.2) is 48.5 Å². The monoisotopic (exact) mass is 572 g/mol. The van der Waals surface area contributed by atoms with Crippen molar-refractivity contribution >= 4 is 28.2 Å². The van der Waals surface area contributed by atoms with Crippen molar-refractivity contribution in [2.45, 2.75) is 91.3 Å². The van der Waals surface area contributed by atoms with Crippen LogP contribution in [0, 0.1) is 5.41 Å². The highest BCUT2D eigenvalue weighted by atomic mass is 28.4. The lowest BCUT2D eigenvalue weighted by Crippen LogP contribution is -2.44. The summed E-state index contributed by atoms with van der Waals surface area (Å²) in [6, 6.07) is 16.4. The third kappa shape index (κ3) is 11.4. The first kappa shape index (κ1) is 32.9. The summed E-state index contributed by atoms with van der Waals surface area (Å²) in [5, 5.41) is 9.89. The van der Waals surface area contributed by atoms with E-state index in [0.717, 1.165) is 30.7 Å². The van der Waals surface area contributed by atoms with Gasteiger partial charge in [0.25, 0.3) is 0 Å². The lowest BCUT2D eigenvalue weighted by molar-refractivity contribution is 0.0488. The summed E-state index contributed by atoms with van der Waals surface area (Å²) in [6.07, 6.45) is 1.84. The fraction of sp³-hybridized carbons (Fsp3) is 0.548. The number of hydrogen-bond donors (Lipinski definition) is 1. The number of ether oxygens (including phenoxy) is 2. The Kier molecular flexibility index (Phi) is 11.3. The average Bonchev–Trinajstić information content (AvgIpc) is 2.82. The van der Waals surface area contributed by atoms with Crippen LogP contribution in [0.4, 0.5) is 0 Å². The number of carbonyl (C=O) groups excluding carboxylic acids is 2. The summed E-state index contributed by atoms with van der Waals surface area (Å²) in [4.78, 5) is 24.6. The quantitative estimate of drug-likeness (QED) is 0.135. The maximum atomic E-state index is 12.4. The molecule has 0 spiro atoms. The van der Waals surface area contributed by atoms with Crippen LogP contribution in [-0.2, 0) is 4.12 Å². The van der Waals surface area contributed by atoms with E-state index in [4.69, 9.17) is 13.6 Å². The Morgan fingerprint density at radius 3 is 1.36 bits per heavy atom. The van der Waals surface area contributed by atoms with Gasteiger partial charge in [0.2, 0.25) is 0 Å². The van der Waals surface area contributed by atoms with Gasteiger partial charge in [-0.2, -0.15) is 0 Å². The zero-order chi connectivity index (χ0) is 29.5. The maximum absolute atomic E-state index is 12.4. The molecule has 0 unspecified atom stereocenters. The van der Waals surface area contributed by atoms with E-state index in [9.17, 15) is 14.7 Å². The van der Waals surface area contributed by atoms with Gasteiger partial charge in [0, 0.05) is 16.5 Å². The van der Waals surface area contributed by atoms with E-state index in [1.165, 1.54) is 13.8 Å². The van der Waals surface area contributed by atoms with E-state index in [-0.39, 0.29) is 11.6 Å². The first-order chi connectivity index (χ1) is 17.9. The average molecular weight is 573 g/mol. The van der Waals surface area contributed by atoms with Crippen molar-refractivity contribution in [2.75, 3.05) is 13.2 Å². The van der Waals surface area contributed by atoms with Crippen LogP contribution in [0.3, 0.4) is 0 Å². The number of rotatable bonds is 15. The number of Topliss-reactive ketones (excluding diaryl/α,β-unsaturated/α-hetero) is 2. The third-order valence-corrected chi connectivity index (χ3v) is 13.9. The molecule has 0 aliphatic rings. The van der Waals surface area contributed by atoms with Crippen molar-refractivity contribution in [3.8, 4) is 11.5 Å². The van der Waals surface area contributed by atoms with Crippen LogP contribution >= 0.6 is 0 Å². The fourth-order valence-corrected chi connectivity index (χ4v) is 13.2. The summed E-state index contributed by atoms with van der Waals surface area (Å²) in [6.45, 7) is 19.1. The first-order valence-electron chi connectivity index (χ1n) is 13.9. The molecule has 0 radical (unpaired) electrons. The molecule has 0 saturated carbocycles. The lowest BCUT2D eigenvalue weighted by Gasteiger charge is -2.34. The molecule has 2 rings (SSSR count). The molecule has 2 aromatic carbocycles. The van der Waals surface area contributed by atoms with Gasteiger partial charge in [-0.05, 0) is 113 Å². The largest absolute Gasteiger partial charge is 0.494 e. The second-order valence-corrected chi connectivity index (χ2v) is 21.9. The van der Waals surface area contributed by atoms with E-state index in [0.29, 0.717) is 30.1 Å². The molecule has 0 saturated heterocycles. The summed E-state index contributed by atoms with van der Waals surface area (Å²) >= 11 is 0. The van der Waals surface area contributed by atoms with Gasteiger partial charge in [-0.3, -0.25) is 9.59 Å². The van der Waals surface area contributed by atoms with Crippen molar-refractivity contribution < 1.29 is 28.3 Å². The zero-order valence-corrected chi connectivity index (χ0v) is 27.3. The molecule has 0 aliphatic carbocycles. The van der Waals surface area contributed by atoms with Crippen LogP contribution in [0.2, 0.25) is 38.3 Å². The van der Waals surface area contributed by atoms with Gasteiger partial charge < -0.3 is 18.7 Å². The Hall–Kier alpha value is -2.27. The molecule has 2 aromatic rings. The summed E-state index contributed by atoms with van der Waals surface area (Å²) < 4.78 is 18.6. The normalized spacial score (nSPS) is 12.8. The van der Waals surface area contributed by atoms with Crippen LogP contribution in [0.1, 0.15) is 68.2 Å². The number of aliphatic hydroxyl groups is 1. The Labute approximate surface area is 237 Å². The summed E-state index contributed by atoms with van der Waals surface area (Å²) in [5.41, 5.74) is -0.592. The SMILES string of the molecule is CC(C)(C)C(=O)c1ccc(OCCC[Si](C)(C)O[Si](C)(C)CCCOc2ccc(C(=O)C(C)(C)O)cc2)cc1. The van der Waals surface area contributed by atoms with Crippen LogP contribution < -0.4 is 9.47 Å². The van der Waals surface area contributed by atoms with E-state index in [1.54, 1.807) is 24.3 Å². The van der Waals surface area contributed by atoms with Crippen molar-refractivity contribution in [1.29, 1.82) is 0 Å². The minimum atomic E-state index is -1.84. The highest BCUT2D eigenvalue weighted by Crippen LogP contribution is 2.26. The van der Waals surface area contributed by atoms with Crippen molar-refractivity contribution in [3.63, 3.8) is 0 Å². The molecule has 6 nitrogen and oxygen atoms in total. The van der Waals surface area contributed by atoms with E-state index in [1.807, 2.05) is 45.0 Å². The van der Waals surface area contributed by atoms with Crippen LogP contribution in [0.5, 0.6) is 11.5 Å². The second-order valence-electron chi connectivity index (χ2n) is 13.0. The smallest absolute Gasteiger partial charge is 0.193 e. The lowest BCUT2D eigenvalue weighted by atomic mass is 9.86. The molecule has 8 heteroatoms. The topological polar surface area (TPSA) is 82.1 Å². The molecule has 0 aromatic heterocycles. The van der Waals surface area contributed by atoms with Gasteiger partial charge in [-0.15, -0.1) is 0 Å². The summed E-state index contributed by atoms with van der Waals surface area (Å²) in [7, 11) is -3.68. The van der Waals surface area contributed by atoms with Gasteiger partial charge in [-0.1, -0.05) is 20.8 Å². The number of hydrogen-bond acceptors (Lipinski definition) is 6. The Morgan fingerprint density at radius 1 is 0.667 bits per heavy atom. The minimum absolute atomic E-state index is 0.132. The van der Waals surface area contributed by atoms with Gasteiger partial charge in [0.1, 0.15) is 17.1 Å². The van der Waals surface area contributed by atoms with Gasteiger partial charge in [0.05, 0.1) is 13.2 Å². The highest BCUT2D eigenvalue weighted by Gasteiger charge is 2.32. The molecule has 0 fully saturated rings. The Bertz CT molecular complexity index is 991. The van der Waals surface area contributed by atoms with Crippen molar-refractivity contribution in [1.82, 2.24) is 0 Å². The first-order valence-corrected chi connectivity index (χ1v) is 20.1. The van der Waals surface area contributed by atoms with Crippen LogP contribution in [0.25, 0.3) is 0 Å². The molecule has 0 heterocycles. The molecule has 0 atom stereocenters. The third-order valence-electron chi connectivity index (χ3n) is 6.41. The fourth-order valence-electron chi connectivity index (χ4n) is 4.42. The Morgan fingerprint density at radius 2 is 1.03 bits per heavy atom. The predicted molar refractivity (Wildman–Crippen MR) is 163 cm³/mol. The minimum Gasteiger partial charge on any atom is -0.494 e. The van der Waals surface area contributed by atoms with E-state index < -0.39 is 27.7 Å². The molecular weight excluding hydrogens is 525 g/mol. The number of carbonyl (C=O) groups is 2. The van der Waals surface area contributed by atoms with E-state index >= 15 is 0 Å². The van der Waals surface area contributed by atoms with Gasteiger partial charge in [0.15, 0.2) is 28.2 Å². The number of benzene rings is 2. The Balaban J connectivity index is 1.71. The predicted octanol–water partition coefficient (Wildman–Crippen LogP) is 7.53. The molecule has 0 aliphatic heterocycles. The highest BCUT2D eigenvalue weighted by molar-refractivity contribution is 6.84. The standard InChI is InChI=1S/C31H48O6Si2/c1-30(2,3)28(32)24-12-16-26(17-13-24)35-20-10-22-38(6,7)37-39(8,9)23-11-21-36-27-18-14-25(15-19-27)29(33)31(4,5)34/h12-19,34H,10-11,20-23H2,1-9H3. The van der Waals surface area contributed by atoms with E-state index in [2.05, 4.69) is 26.2 Å². The second kappa shape index (κ2) is 13.4. The summed E-state index contributed by atoms with van der Waals surface area (Å²) in [5.74, 6) is 1.33. The molecular formula is C31H48O6Si2. The molecule has 1 N–H and O–H groups in total. The number of ketones is 2. The van der Waals surface area contributed by atoms with Crippen LogP contribution in [-0.4, -0.2) is 52.1 Å². The molecule has 0 amide bonds.